The molecule has 0 radical (unpaired) electrons. The van der Waals surface area contributed by atoms with Crippen molar-refractivity contribution in [3.8, 4) is 5.75 Å². The third-order valence-electron chi connectivity index (χ3n) is 3.42. The summed E-state index contributed by atoms with van der Waals surface area (Å²) in [5.74, 6) is 1.49. The van der Waals surface area contributed by atoms with Crippen molar-refractivity contribution in [2.75, 3.05) is 6.61 Å². The van der Waals surface area contributed by atoms with Crippen LogP contribution in [0.3, 0.4) is 0 Å². The zero-order chi connectivity index (χ0) is 12.8. The summed E-state index contributed by atoms with van der Waals surface area (Å²) in [5, 5.41) is 9.83. The Bertz CT molecular complexity index is 392. The summed E-state index contributed by atoms with van der Waals surface area (Å²) in [6.45, 7) is 2.36. The van der Waals surface area contributed by atoms with Gasteiger partial charge in [0.15, 0.2) is 0 Å². The predicted octanol–water partition coefficient (Wildman–Crippen LogP) is 3.48. The Morgan fingerprint density at radius 2 is 2.17 bits per heavy atom. The molecule has 1 fully saturated rings. The maximum absolute atomic E-state index is 9.83. The number of benzene rings is 1. The molecule has 0 aromatic heterocycles. The van der Waals surface area contributed by atoms with E-state index in [1.54, 1.807) is 0 Å². The molecule has 1 aliphatic carbocycles. The van der Waals surface area contributed by atoms with Gasteiger partial charge in [-0.05, 0) is 43.4 Å². The second kappa shape index (κ2) is 6.60. The maximum Gasteiger partial charge on any atom is 0.119 e. The lowest BCUT2D eigenvalue weighted by Gasteiger charge is -2.10. The summed E-state index contributed by atoms with van der Waals surface area (Å²) in [6.07, 6.45) is 8.70. The average molecular weight is 246 g/mol. The minimum atomic E-state index is -0.508. The van der Waals surface area contributed by atoms with E-state index in [4.69, 9.17) is 4.74 Å². The summed E-state index contributed by atoms with van der Waals surface area (Å²) in [4.78, 5) is 0. The van der Waals surface area contributed by atoms with Crippen LogP contribution in [0.25, 0.3) is 0 Å². The molecule has 1 atom stereocenters. The van der Waals surface area contributed by atoms with Gasteiger partial charge in [0.1, 0.15) is 18.5 Å². The van der Waals surface area contributed by atoms with Gasteiger partial charge in [-0.25, -0.2) is 0 Å². The number of rotatable bonds is 5. The van der Waals surface area contributed by atoms with Crippen molar-refractivity contribution in [3.63, 3.8) is 0 Å². The second-order valence-corrected chi connectivity index (χ2v) is 5.12. The van der Waals surface area contributed by atoms with E-state index in [0.717, 1.165) is 5.75 Å². The SMILES string of the molecule is Cc1cccc(OCC(O)/C=C/C2CCCC2)c1. The van der Waals surface area contributed by atoms with Crippen LogP contribution in [0, 0.1) is 12.8 Å². The normalized spacial score (nSPS) is 18.3. The van der Waals surface area contributed by atoms with E-state index in [1.165, 1.54) is 31.2 Å². The maximum atomic E-state index is 9.83. The van der Waals surface area contributed by atoms with E-state index in [-0.39, 0.29) is 0 Å². The number of ether oxygens (including phenoxy) is 1. The molecule has 98 valence electrons. The summed E-state index contributed by atoms with van der Waals surface area (Å²) in [6, 6.07) is 7.89. The number of hydrogen-bond acceptors (Lipinski definition) is 2. The monoisotopic (exact) mass is 246 g/mol. The molecule has 0 saturated heterocycles. The molecule has 18 heavy (non-hydrogen) atoms. The molecule has 0 spiro atoms. The topological polar surface area (TPSA) is 29.5 Å². The molecule has 1 unspecified atom stereocenters. The highest BCUT2D eigenvalue weighted by atomic mass is 16.5. The highest BCUT2D eigenvalue weighted by molar-refractivity contribution is 5.27. The number of aryl methyl sites for hydroxylation is 1. The molecular formula is C16H22O2. The molecule has 2 rings (SSSR count). The van der Waals surface area contributed by atoms with Gasteiger partial charge < -0.3 is 9.84 Å². The zero-order valence-electron chi connectivity index (χ0n) is 11.0. The number of allylic oxidation sites excluding steroid dienone is 1. The third kappa shape index (κ3) is 4.19. The van der Waals surface area contributed by atoms with Gasteiger partial charge in [0, 0.05) is 0 Å². The van der Waals surface area contributed by atoms with Gasteiger partial charge in [-0.2, -0.15) is 0 Å². The van der Waals surface area contributed by atoms with Crippen LogP contribution in [0.5, 0.6) is 5.75 Å². The molecule has 2 nitrogen and oxygen atoms in total. The van der Waals surface area contributed by atoms with Crippen LogP contribution in [0.2, 0.25) is 0 Å². The van der Waals surface area contributed by atoms with Crippen molar-refractivity contribution in [1.29, 1.82) is 0 Å². The Morgan fingerprint density at radius 3 is 2.89 bits per heavy atom. The van der Waals surface area contributed by atoms with Gasteiger partial charge in [0.05, 0.1) is 0 Å². The van der Waals surface area contributed by atoms with Gasteiger partial charge in [-0.3, -0.25) is 0 Å². The number of aliphatic hydroxyl groups is 1. The molecule has 1 aromatic rings. The lowest BCUT2D eigenvalue weighted by molar-refractivity contribution is 0.144. The van der Waals surface area contributed by atoms with Gasteiger partial charge in [0.2, 0.25) is 0 Å². The highest BCUT2D eigenvalue weighted by Gasteiger charge is 2.12. The first-order valence-electron chi connectivity index (χ1n) is 6.80. The summed E-state index contributed by atoms with van der Waals surface area (Å²) < 4.78 is 5.56. The van der Waals surface area contributed by atoms with Crippen LogP contribution in [0.15, 0.2) is 36.4 Å². The lowest BCUT2D eigenvalue weighted by Crippen LogP contribution is -2.15. The van der Waals surface area contributed by atoms with Crippen LogP contribution >= 0.6 is 0 Å². The first-order valence-corrected chi connectivity index (χ1v) is 6.80. The summed E-state index contributed by atoms with van der Waals surface area (Å²) in [5.41, 5.74) is 1.17. The van der Waals surface area contributed by atoms with Crippen molar-refractivity contribution < 1.29 is 9.84 Å². The fourth-order valence-electron chi connectivity index (χ4n) is 2.38. The Hall–Kier alpha value is -1.28. The Balaban J connectivity index is 1.75. The lowest BCUT2D eigenvalue weighted by atomic mass is 10.1. The van der Waals surface area contributed by atoms with Crippen molar-refractivity contribution in [2.45, 2.75) is 38.7 Å². The fourth-order valence-corrected chi connectivity index (χ4v) is 2.38. The van der Waals surface area contributed by atoms with Gasteiger partial charge >= 0.3 is 0 Å². The smallest absolute Gasteiger partial charge is 0.119 e. The largest absolute Gasteiger partial charge is 0.491 e. The molecule has 1 N–H and O–H groups in total. The minimum Gasteiger partial charge on any atom is -0.491 e. The van der Waals surface area contributed by atoms with Gasteiger partial charge in [0.25, 0.3) is 0 Å². The van der Waals surface area contributed by atoms with E-state index >= 15 is 0 Å². The van der Waals surface area contributed by atoms with E-state index < -0.39 is 6.10 Å². The molecular weight excluding hydrogens is 224 g/mol. The highest BCUT2D eigenvalue weighted by Crippen LogP contribution is 2.25. The van der Waals surface area contributed by atoms with Crippen LogP contribution in [0.1, 0.15) is 31.2 Å². The van der Waals surface area contributed by atoms with Crippen molar-refractivity contribution >= 4 is 0 Å². The summed E-state index contributed by atoms with van der Waals surface area (Å²) in [7, 11) is 0. The van der Waals surface area contributed by atoms with E-state index in [1.807, 2.05) is 37.3 Å². The van der Waals surface area contributed by atoms with Crippen LogP contribution in [0.4, 0.5) is 0 Å². The van der Waals surface area contributed by atoms with E-state index in [2.05, 4.69) is 6.08 Å². The van der Waals surface area contributed by atoms with Crippen molar-refractivity contribution in [2.24, 2.45) is 5.92 Å². The first kappa shape index (κ1) is 13.2. The first-order chi connectivity index (χ1) is 8.74. The van der Waals surface area contributed by atoms with Crippen molar-refractivity contribution in [1.82, 2.24) is 0 Å². The van der Waals surface area contributed by atoms with Crippen molar-refractivity contribution in [3.05, 3.63) is 42.0 Å². The standard InChI is InChI=1S/C16H22O2/c1-13-5-4-8-16(11-13)18-12-15(17)10-9-14-6-2-3-7-14/h4-5,8-11,14-15,17H,2-3,6-7,12H2,1H3/b10-9+. The summed E-state index contributed by atoms with van der Waals surface area (Å²) >= 11 is 0. The third-order valence-corrected chi connectivity index (χ3v) is 3.42. The Labute approximate surface area is 109 Å². The van der Waals surface area contributed by atoms with E-state index in [0.29, 0.717) is 12.5 Å². The Morgan fingerprint density at radius 1 is 1.39 bits per heavy atom. The van der Waals surface area contributed by atoms with Crippen LogP contribution in [-0.2, 0) is 0 Å². The predicted molar refractivity (Wildman–Crippen MR) is 73.8 cm³/mol. The van der Waals surface area contributed by atoms with Gasteiger partial charge in [-0.15, -0.1) is 0 Å². The molecule has 0 amide bonds. The minimum absolute atomic E-state index is 0.326. The number of aliphatic hydroxyl groups excluding tert-OH is 1. The Kier molecular flexibility index (Phi) is 4.82. The molecule has 1 aliphatic rings. The molecule has 1 aromatic carbocycles. The second-order valence-electron chi connectivity index (χ2n) is 5.12. The van der Waals surface area contributed by atoms with Gasteiger partial charge in [-0.1, -0.05) is 37.1 Å². The number of hydrogen-bond donors (Lipinski definition) is 1. The van der Waals surface area contributed by atoms with Crippen LogP contribution < -0.4 is 4.74 Å². The zero-order valence-corrected chi connectivity index (χ0v) is 11.0. The van der Waals surface area contributed by atoms with E-state index in [9.17, 15) is 5.11 Å². The molecule has 2 heteroatoms. The molecule has 1 saturated carbocycles. The molecule has 0 bridgehead atoms. The quantitative estimate of drug-likeness (QED) is 0.806. The van der Waals surface area contributed by atoms with Crippen LogP contribution in [-0.4, -0.2) is 17.8 Å². The molecule has 0 aliphatic heterocycles. The fraction of sp³-hybridized carbons (Fsp3) is 0.500. The average Bonchev–Trinajstić information content (AvgIpc) is 2.87. The molecule has 0 heterocycles.